The number of rotatable bonds is 7. The van der Waals surface area contributed by atoms with Crippen molar-refractivity contribution >= 4 is 41.4 Å². The van der Waals surface area contributed by atoms with Crippen molar-refractivity contribution in [2.45, 2.75) is 89.1 Å². The molecule has 0 radical (unpaired) electrons. The van der Waals surface area contributed by atoms with Crippen molar-refractivity contribution in [3.8, 4) is 0 Å². The summed E-state index contributed by atoms with van der Waals surface area (Å²) >= 11 is 0. The third kappa shape index (κ3) is 9.55. The van der Waals surface area contributed by atoms with Gasteiger partial charge in [0.05, 0.1) is 0 Å². The van der Waals surface area contributed by atoms with Gasteiger partial charge in [-0.15, -0.1) is 0 Å². The van der Waals surface area contributed by atoms with E-state index in [1.54, 1.807) is 19.1 Å². The monoisotopic (exact) mass is 714 g/mol. The molecule has 0 aromatic heterocycles. The molecule has 3 heterocycles. The molecule has 3 N–H and O–H groups in total. The van der Waals surface area contributed by atoms with Gasteiger partial charge in [-0.1, -0.05) is 18.2 Å². The predicted molar refractivity (Wildman–Crippen MR) is 178 cm³/mol. The summed E-state index contributed by atoms with van der Waals surface area (Å²) in [5.74, 6) is -6.76. The van der Waals surface area contributed by atoms with E-state index in [9.17, 15) is 42.3 Å². The van der Waals surface area contributed by atoms with Gasteiger partial charge in [0.1, 0.15) is 54.5 Å². The molecule has 6 amide bonds. The van der Waals surface area contributed by atoms with Crippen LogP contribution in [0.25, 0.3) is 0 Å². The summed E-state index contributed by atoms with van der Waals surface area (Å²) in [6.07, 6.45) is 6.81. The molecule has 14 nitrogen and oxygen atoms in total. The number of likely N-dealkylation sites (N-methyl/N-ethyl adjacent to an activating group) is 1. The number of carbonyl (C=O) groups is 7. The van der Waals surface area contributed by atoms with Gasteiger partial charge in [-0.05, 0) is 64.2 Å². The Morgan fingerprint density at radius 2 is 1.57 bits per heavy atom. The van der Waals surface area contributed by atoms with Gasteiger partial charge >= 0.3 is 5.97 Å². The minimum absolute atomic E-state index is 0.0349. The van der Waals surface area contributed by atoms with Crippen LogP contribution >= 0.6 is 0 Å². The number of hydrogen-bond acceptors (Lipinski definition) is 8. The highest BCUT2D eigenvalue weighted by Crippen LogP contribution is 2.23. The number of cyclic esters (lactones) is 1. The summed E-state index contributed by atoms with van der Waals surface area (Å²) < 4.78 is 33.7. The molecule has 51 heavy (non-hydrogen) atoms. The van der Waals surface area contributed by atoms with Gasteiger partial charge < -0.3 is 35.4 Å². The summed E-state index contributed by atoms with van der Waals surface area (Å²) in [4.78, 5) is 98.0. The number of esters is 1. The number of nitrogens with zero attached hydrogens (tertiary/aromatic N) is 3. The fraction of sp³-hybridized carbons (Fsp3) is 0.514. The zero-order valence-corrected chi connectivity index (χ0v) is 29.0. The Balaban J connectivity index is 1.68. The van der Waals surface area contributed by atoms with Crippen molar-refractivity contribution in [2.75, 3.05) is 26.7 Å². The van der Waals surface area contributed by atoms with Crippen LogP contribution in [-0.4, -0.2) is 119 Å². The molecule has 276 valence electrons. The van der Waals surface area contributed by atoms with Crippen molar-refractivity contribution < 1.29 is 47.1 Å². The van der Waals surface area contributed by atoms with E-state index in [1.165, 1.54) is 41.7 Å². The molecule has 3 aliphatic rings. The van der Waals surface area contributed by atoms with Gasteiger partial charge in [0, 0.05) is 38.7 Å². The summed E-state index contributed by atoms with van der Waals surface area (Å²) in [5.41, 5.74) is 0.0349. The normalized spacial score (nSPS) is 25.9. The highest BCUT2D eigenvalue weighted by Gasteiger charge is 2.43. The number of benzene rings is 1. The van der Waals surface area contributed by atoms with Crippen LogP contribution in [0.1, 0.15) is 52.0 Å². The molecule has 1 aromatic carbocycles. The van der Waals surface area contributed by atoms with Crippen molar-refractivity contribution in [2.24, 2.45) is 0 Å². The molecule has 0 bridgehead atoms. The Morgan fingerprint density at radius 3 is 2.22 bits per heavy atom. The second-order valence-electron chi connectivity index (χ2n) is 12.9. The Kier molecular flexibility index (Phi) is 13.0. The molecule has 0 unspecified atom stereocenters. The lowest BCUT2D eigenvalue weighted by Crippen LogP contribution is -2.60. The number of halogens is 2. The van der Waals surface area contributed by atoms with Crippen molar-refractivity contribution in [3.05, 3.63) is 59.7 Å². The minimum Gasteiger partial charge on any atom is -0.461 e. The van der Waals surface area contributed by atoms with E-state index in [0.717, 1.165) is 18.2 Å². The molecule has 3 saturated heterocycles. The molecule has 3 aliphatic heterocycles. The molecular weight excluding hydrogens is 670 g/mol. The second kappa shape index (κ2) is 17.2. The number of hydrogen-bond donors (Lipinski definition) is 3. The second-order valence-corrected chi connectivity index (χ2v) is 12.9. The maximum Gasteiger partial charge on any atom is 0.328 e. The zero-order valence-electron chi connectivity index (χ0n) is 29.0. The van der Waals surface area contributed by atoms with Crippen LogP contribution < -0.4 is 16.0 Å². The quantitative estimate of drug-likeness (QED) is 0.208. The van der Waals surface area contributed by atoms with E-state index in [-0.39, 0.29) is 37.9 Å². The van der Waals surface area contributed by atoms with Gasteiger partial charge in [-0.25, -0.2) is 13.6 Å². The minimum atomic E-state index is -1.57. The van der Waals surface area contributed by atoms with Crippen LogP contribution in [0.3, 0.4) is 0 Å². The van der Waals surface area contributed by atoms with Crippen LogP contribution in [0, 0.1) is 11.6 Å². The largest absolute Gasteiger partial charge is 0.461 e. The van der Waals surface area contributed by atoms with Crippen LogP contribution in [0.5, 0.6) is 0 Å². The fourth-order valence-corrected chi connectivity index (χ4v) is 6.37. The first kappa shape index (κ1) is 38.6. The van der Waals surface area contributed by atoms with E-state index in [1.807, 2.05) is 0 Å². The van der Waals surface area contributed by atoms with Crippen LogP contribution in [0.2, 0.25) is 0 Å². The van der Waals surface area contributed by atoms with Crippen molar-refractivity contribution in [3.63, 3.8) is 0 Å². The third-order valence-electron chi connectivity index (χ3n) is 9.22. The van der Waals surface area contributed by atoms with Gasteiger partial charge in [0.15, 0.2) is 0 Å². The molecule has 16 heteroatoms. The molecule has 0 saturated carbocycles. The smallest absolute Gasteiger partial charge is 0.328 e. The van der Waals surface area contributed by atoms with Gasteiger partial charge in [0.25, 0.3) is 0 Å². The van der Waals surface area contributed by atoms with Gasteiger partial charge in [0.2, 0.25) is 35.4 Å². The van der Waals surface area contributed by atoms with E-state index in [4.69, 9.17) is 4.74 Å². The van der Waals surface area contributed by atoms with E-state index >= 15 is 0 Å². The predicted octanol–water partition coefficient (Wildman–Crippen LogP) is 0.500. The highest BCUT2D eigenvalue weighted by molar-refractivity contribution is 5.98. The van der Waals surface area contributed by atoms with Crippen LogP contribution in [0.15, 0.2) is 42.5 Å². The average molecular weight is 715 g/mol. The zero-order chi connectivity index (χ0) is 37.4. The maximum atomic E-state index is 14.1. The molecule has 3 fully saturated rings. The van der Waals surface area contributed by atoms with E-state index < -0.39 is 95.9 Å². The molecular formula is C35H44F2N6O8. The topological polar surface area (TPSA) is 175 Å². The highest BCUT2D eigenvalue weighted by atomic mass is 19.1. The third-order valence-corrected chi connectivity index (χ3v) is 9.22. The molecule has 0 aliphatic carbocycles. The van der Waals surface area contributed by atoms with E-state index in [2.05, 4.69) is 16.0 Å². The number of amides is 6. The Hall–Kier alpha value is -5.15. The van der Waals surface area contributed by atoms with Crippen molar-refractivity contribution in [1.29, 1.82) is 0 Å². The molecule has 4 rings (SSSR count). The summed E-state index contributed by atoms with van der Waals surface area (Å²) in [7, 11) is 1.41. The maximum absolute atomic E-state index is 14.1. The van der Waals surface area contributed by atoms with E-state index in [0.29, 0.717) is 18.9 Å². The summed E-state index contributed by atoms with van der Waals surface area (Å²) in [6.45, 7) is 4.34. The number of allylic oxidation sites excluding steroid dienone is 3. The average Bonchev–Trinajstić information content (AvgIpc) is 3.78. The molecule has 0 spiro atoms. The summed E-state index contributed by atoms with van der Waals surface area (Å²) in [6, 6.07) is -4.45. The number of ether oxygens (including phenoxy) is 1. The molecule has 1 aromatic rings. The van der Waals surface area contributed by atoms with Crippen molar-refractivity contribution in [1.82, 2.24) is 30.7 Å². The first-order valence-electron chi connectivity index (χ1n) is 16.9. The van der Waals surface area contributed by atoms with Crippen LogP contribution in [0.4, 0.5) is 8.78 Å². The summed E-state index contributed by atoms with van der Waals surface area (Å²) in [5, 5.41) is 7.63. The van der Waals surface area contributed by atoms with Gasteiger partial charge in [-0.2, -0.15) is 0 Å². The number of nitrogens with one attached hydrogen (secondary N) is 3. The lowest BCUT2D eigenvalue weighted by molar-refractivity contribution is -0.158. The number of fused-ring (bicyclic) bond motifs is 2. The Bertz CT molecular complexity index is 1580. The lowest BCUT2D eigenvalue weighted by atomic mass is 10.0. The number of carbonyl (C=O) groups excluding carboxylic acids is 7. The fourth-order valence-electron chi connectivity index (χ4n) is 6.37. The first-order chi connectivity index (χ1) is 24.2. The standard InChI is InChI=1S/C35H44F2N6O8/c1-5-6-7-12-29(44)39-25(17-22-15-23(36)18-24(37)16-22)31(46)40-26-19-51-35(50)28-11-9-14-43(28)32(47)20(2)38-30(45)21(3)41(4)34(49)27-10-8-13-42(27)33(26)48/h5-7,12,15-16,18,20-21,25-28H,8-11,13-14,17,19H2,1-4H3,(H,38,45)(H,39,44)(H,40,46)/t20-,21-,25-,26-,27-,28-/m0/s1. The Morgan fingerprint density at radius 1 is 0.941 bits per heavy atom. The molecule has 6 atom stereocenters. The lowest BCUT2D eigenvalue weighted by Gasteiger charge is -2.34. The van der Waals surface area contributed by atoms with Gasteiger partial charge in [-0.3, -0.25) is 28.8 Å². The van der Waals surface area contributed by atoms with Crippen LogP contribution in [-0.2, 0) is 44.7 Å². The SMILES string of the molecule is CC=CC=CC(=O)N[C@@H](Cc1cc(F)cc(F)c1)C(=O)N[C@H]1COC(=O)[C@@H]2CCCN2C(=O)[C@H](C)NC(=O)[C@H](C)N(C)C(=O)[C@@H]2CCCN2C1=O. The Labute approximate surface area is 294 Å². The first-order valence-corrected chi connectivity index (χ1v) is 16.9.